The van der Waals surface area contributed by atoms with Gasteiger partial charge in [0.1, 0.15) is 11.0 Å². The first-order valence-electron chi connectivity index (χ1n) is 10.4. The van der Waals surface area contributed by atoms with Crippen molar-refractivity contribution in [3.63, 3.8) is 0 Å². The highest BCUT2D eigenvalue weighted by molar-refractivity contribution is 7.99. The smallest absolute Gasteiger partial charge is 0.261 e. The standard InChI is InChI=1S/C21H24F2N4O2S/c22-19-16(25-13-3-1-12(10-24)2-4-13)9-15-18(20(19)23)21(28)27-17(26-15)11-30-14-5-7-29-8-6-14/h9,12-14,19H,1-8,11H2,(H,26,27,28). The van der Waals surface area contributed by atoms with Crippen LogP contribution in [0.2, 0.25) is 0 Å². The fraction of sp³-hybridized carbons (Fsp3) is 0.619. The number of rotatable bonds is 4. The number of nitriles is 1. The van der Waals surface area contributed by atoms with Gasteiger partial charge in [0, 0.05) is 24.4 Å². The number of halogens is 2. The predicted molar refractivity (Wildman–Crippen MR) is 112 cm³/mol. The number of aromatic nitrogens is 2. The summed E-state index contributed by atoms with van der Waals surface area (Å²) in [4.78, 5) is 23.8. The van der Waals surface area contributed by atoms with Gasteiger partial charge in [0.05, 0.1) is 28.9 Å². The molecule has 160 valence electrons. The summed E-state index contributed by atoms with van der Waals surface area (Å²) in [5.74, 6) is -0.176. The lowest BCUT2D eigenvalue weighted by Gasteiger charge is -2.23. The zero-order chi connectivity index (χ0) is 21.1. The maximum absolute atomic E-state index is 14.7. The Balaban J connectivity index is 1.58. The van der Waals surface area contributed by atoms with Crippen LogP contribution in [0, 0.1) is 17.2 Å². The highest BCUT2D eigenvalue weighted by atomic mass is 32.2. The molecule has 1 N–H and O–H groups in total. The van der Waals surface area contributed by atoms with Crippen LogP contribution in [-0.4, -0.2) is 46.4 Å². The Labute approximate surface area is 177 Å². The van der Waals surface area contributed by atoms with E-state index in [1.165, 1.54) is 6.08 Å². The molecule has 1 atom stereocenters. The lowest BCUT2D eigenvalue weighted by Crippen LogP contribution is -2.50. The Hall–Kier alpha value is -2.05. The molecule has 0 spiro atoms. The first-order valence-corrected chi connectivity index (χ1v) is 11.4. The molecule has 1 aromatic rings. The topological polar surface area (TPSA) is 91.1 Å². The maximum Gasteiger partial charge on any atom is 0.261 e. The van der Waals surface area contributed by atoms with Gasteiger partial charge in [0.25, 0.3) is 5.56 Å². The van der Waals surface area contributed by atoms with Crippen LogP contribution in [0.25, 0.3) is 11.9 Å². The molecule has 3 aliphatic rings. The van der Waals surface area contributed by atoms with E-state index in [0.29, 0.717) is 42.5 Å². The molecule has 4 rings (SSSR count). The maximum atomic E-state index is 14.7. The molecule has 1 saturated heterocycles. The SMILES string of the molecule is N#CC1CCC(N=C2C=c3nc(CSC4CCOCC4)[nH]c(=O)c3=C(F)C2F)CC1. The molecule has 2 aliphatic carbocycles. The fourth-order valence-corrected chi connectivity index (χ4v) is 5.16. The summed E-state index contributed by atoms with van der Waals surface area (Å²) < 4.78 is 34.7. The van der Waals surface area contributed by atoms with E-state index >= 15 is 0 Å². The number of ether oxygens (including phenoxy) is 1. The van der Waals surface area contributed by atoms with E-state index < -0.39 is 17.6 Å². The zero-order valence-corrected chi connectivity index (χ0v) is 17.4. The minimum absolute atomic E-state index is 0.0120. The van der Waals surface area contributed by atoms with E-state index in [1.54, 1.807) is 11.8 Å². The van der Waals surface area contributed by atoms with Gasteiger partial charge in [0.2, 0.25) is 0 Å². The third kappa shape index (κ3) is 4.65. The summed E-state index contributed by atoms with van der Waals surface area (Å²) in [5.41, 5.74) is -0.686. The summed E-state index contributed by atoms with van der Waals surface area (Å²) in [7, 11) is 0. The molecular formula is C21H24F2N4O2S. The second kappa shape index (κ2) is 9.40. The first kappa shape index (κ1) is 21.2. The summed E-state index contributed by atoms with van der Waals surface area (Å²) in [6.07, 6.45) is 4.01. The van der Waals surface area contributed by atoms with Gasteiger partial charge in [-0.15, -0.1) is 0 Å². The van der Waals surface area contributed by atoms with Crippen molar-refractivity contribution in [1.82, 2.24) is 9.97 Å². The molecule has 30 heavy (non-hydrogen) atoms. The van der Waals surface area contributed by atoms with Crippen molar-refractivity contribution in [3.8, 4) is 6.07 Å². The number of aromatic amines is 1. The molecule has 0 radical (unpaired) electrons. The van der Waals surface area contributed by atoms with Crippen LogP contribution < -0.4 is 16.1 Å². The fourth-order valence-electron chi connectivity index (χ4n) is 4.10. The Morgan fingerprint density at radius 3 is 2.70 bits per heavy atom. The van der Waals surface area contributed by atoms with Gasteiger partial charge in [-0.1, -0.05) is 0 Å². The first-order chi connectivity index (χ1) is 14.5. The van der Waals surface area contributed by atoms with E-state index in [2.05, 4.69) is 21.0 Å². The van der Waals surface area contributed by atoms with Crippen molar-refractivity contribution in [2.75, 3.05) is 13.2 Å². The van der Waals surface area contributed by atoms with E-state index in [4.69, 9.17) is 10.00 Å². The molecule has 0 aromatic carbocycles. The van der Waals surface area contributed by atoms with Crippen molar-refractivity contribution in [2.45, 2.75) is 61.7 Å². The van der Waals surface area contributed by atoms with Crippen LogP contribution in [0.1, 0.15) is 44.3 Å². The number of hydrogen-bond acceptors (Lipinski definition) is 6. The largest absolute Gasteiger partial charge is 0.381 e. The molecule has 1 saturated carbocycles. The number of nitrogens with one attached hydrogen (secondary N) is 1. The van der Waals surface area contributed by atoms with Gasteiger partial charge in [-0.2, -0.15) is 17.0 Å². The number of alkyl halides is 1. The van der Waals surface area contributed by atoms with Crippen LogP contribution in [-0.2, 0) is 10.5 Å². The van der Waals surface area contributed by atoms with Crippen LogP contribution in [0.4, 0.5) is 8.78 Å². The number of hydrogen-bond donors (Lipinski definition) is 1. The Morgan fingerprint density at radius 1 is 1.27 bits per heavy atom. The van der Waals surface area contributed by atoms with E-state index in [1.807, 2.05) is 0 Å². The minimum Gasteiger partial charge on any atom is -0.381 e. The number of aliphatic imine (C=N–C) groups is 1. The van der Waals surface area contributed by atoms with Crippen molar-refractivity contribution in [2.24, 2.45) is 10.9 Å². The quantitative estimate of drug-likeness (QED) is 0.782. The second-order valence-electron chi connectivity index (χ2n) is 7.94. The van der Waals surface area contributed by atoms with Crippen molar-refractivity contribution in [3.05, 3.63) is 26.7 Å². The van der Waals surface area contributed by atoms with Gasteiger partial charge < -0.3 is 9.72 Å². The number of nitrogens with zero attached hydrogens (tertiary/aromatic N) is 3. The van der Waals surface area contributed by atoms with Gasteiger partial charge in [-0.25, -0.2) is 13.8 Å². The monoisotopic (exact) mass is 434 g/mol. The van der Waals surface area contributed by atoms with Crippen LogP contribution in [0.15, 0.2) is 9.79 Å². The molecule has 2 fully saturated rings. The van der Waals surface area contributed by atoms with Crippen LogP contribution in [0.5, 0.6) is 0 Å². The summed E-state index contributed by atoms with van der Waals surface area (Å²) in [5, 5.41) is 9.24. The number of thioether (sulfide) groups is 1. The van der Waals surface area contributed by atoms with Gasteiger partial charge in [0.15, 0.2) is 12.0 Å². The third-order valence-corrected chi connectivity index (χ3v) is 7.22. The Morgan fingerprint density at radius 2 is 2.00 bits per heavy atom. The summed E-state index contributed by atoms with van der Waals surface area (Å²) in [6.45, 7) is 1.46. The third-order valence-electron chi connectivity index (χ3n) is 5.84. The van der Waals surface area contributed by atoms with E-state index in [0.717, 1.165) is 26.1 Å². The molecule has 0 bridgehead atoms. The molecular weight excluding hydrogens is 410 g/mol. The molecule has 6 nitrogen and oxygen atoms in total. The Bertz CT molecular complexity index is 1030. The van der Waals surface area contributed by atoms with E-state index in [-0.39, 0.29) is 28.2 Å². The summed E-state index contributed by atoms with van der Waals surface area (Å²) >= 11 is 1.69. The molecule has 0 amide bonds. The molecule has 1 aromatic heterocycles. The lowest BCUT2D eigenvalue weighted by atomic mass is 9.87. The molecule has 1 aliphatic heterocycles. The van der Waals surface area contributed by atoms with E-state index in [9.17, 15) is 13.6 Å². The molecule has 1 unspecified atom stereocenters. The molecule has 9 heteroatoms. The average molecular weight is 435 g/mol. The summed E-state index contributed by atoms with van der Waals surface area (Å²) in [6, 6.07) is 2.11. The van der Waals surface area contributed by atoms with Crippen molar-refractivity contribution < 1.29 is 13.5 Å². The minimum atomic E-state index is -2.06. The highest BCUT2D eigenvalue weighted by Gasteiger charge is 2.28. The number of H-pyrrole nitrogens is 1. The van der Waals surface area contributed by atoms with Crippen molar-refractivity contribution in [1.29, 1.82) is 5.26 Å². The van der Waals surface area contributed by atoms with Gasteiger partial charge >= 0.3 is 0 Å². The zero-order valence-electron chi connectivity index (χ0n) is 16.6. The number of fused-ring (bicyclic) bond motifs is 1. The van der Waals surface area contributed by atoms with Gasteiger partial charge in [-0.05, 0) is 44.6 Å². The average Bonchev–Trinajstić information content (AvgIpc) is 2.76. The molecule has 2 heterocycles. The Kier molecular flexibility index (Phi) is 6.64. The van der Waals surface area contributed by atoms with Gasteiger partial charge in [-0.3, -0.25) is 9.79 Å². The highest BCUT2D eigenvalue weighted by Crippen LogP contribution is 2.27. The van der Waals surface area contributed by atoms with Crippen molar-refractivity contribution >= 4 is 29.4 Å². The second-order valence-corrected chi connectivity index (χ2v) is 9.23. The lowest BCUT2D eigenvalue weighted by molar-refractivity contribution is 0.1000. The predicted octanol–water partition coefficient (Wildman–Crippen LogP) is 1.92. The van der Waals surface area contributed by atoms with Crippen LogP contribution >= 0.6 is 11.8 Å². The van der Waals surface area contributed by atoms with Crippen LogP contribution in [0.3, 0.4) is 0 Å². The normalized spacial score (nSPS) is 28.6.